The second kappa shape index (κ2) is 10.5. The van der Waals surface area contributed by atoms with Crippen molar-refractivity contribution in [2.45, 2.75) is 38.9 Å². The third-order valence-electron chi connectivity index (χ3n) is 4.75. The van der Waals surface area contributed by atoms with E-state index in [9.17, 15) is 9.59 Å². The van der Waals surface area contributed by atoms with Gasteiger partial charge in [-0.25, -0.2) is 4.79 Å². The molecule has 0 aliphatic carbocycles. The van der Waals surface area contributed by atoms with E-state index in [0.717, 1.165) is 19.3 Å². The summed E-state index contributed by atoms with van der Waals surface area (Å²) in [6.45, 7) is 2.87. The molecule has 30 heavy (non-hydrogen) atoms. The number of likely N-dealkylation sites (tertiary alicyclic amines) is 1. The first-order valence-electron chi connectivity index (χ1n) is 9.88. The molecule has 0 saturated carbocycles. The summed E-state index contributed by atoms with van der Waals surface area (Å²) in [4.78, 5) is 26.2. The minimum absolute atomic E-state index is 0.00313. The van der Waals surface area contributed by atoms with Gasteiger partial charge in [-0.1, -0.05) is 47.5 Å². The third kappa shape index (κ3) is 6.03. The highest BCUT2D eigenvalue weighted by Gasteiger charge is 2.22. The number of nitrogens with zero attached hydrogens (tertiary/aromatic N) is 1. The van der Waals surface area contributed by atoms with Crippen molar-refractivity contribution in [3.63, 3.8) is 0 Å². The van der Waals surface area contributed by atoms with E-state index < -0.39 is 18.4 Å². The summed E-state index contributed by atoms with van der Waals surface area (Å²) < 4.78 is 10.5. The third-order valence-corrected chi connectivity index (χ3v) is 5.38. The number of anilines is 2. The SMILES string of the molecule is CC(OC(=O)Cc1ccccc1Nc1c(Cl)cccc1Cl)OC(=O)N1CCCCC1. The Balaban J connectivity index is 1.59. The van der Waals surface area contributed by atoms with Crippen LogP contribution in [-0.4, -0.2) is 36.3 Å². The molecule has 0 bridgehead atoms. The Bertz CT molecular complexity index is 880. The molecule has 0 radical (unpaired) electrons. The van der Waals surface area contributed by atoms with Crippen LogP contribution in [0.4, 0.5) is 16.2 Å². The number of piperidine rings is 1. The minimum atomic E-state index is -0.968. The van der Waals surface area contributed by atoms with E-state index in [1.807, 2.05) is 18.2 Å². The number of hydrogen-bond donors (Lipinski definition) is 1. The van der Waals surface area contributed by atoms with Gasteiger partial charge in [-0.15, -0.1) is 0 Å². The number of hydrogen-bond acceptors (Lipinski definition) is 5. The number of nitrogens with one attached hydrogen (secondary N) is 1. The Morgan fingerprint density at radius 1 is 1.00 bits per heavy atom. The van der Waals surface area contributed by atoms with Gasteiger partial charge in [0, 0.05) is 25.7 Å². The maximum Gasteiger partial charge on any atom is 0.412 e. The van der Waals surface area contributed by atoms with E-state index in [1.165, 1.54) is 6.92 Å². The van der Waals surface area contributed by atoms with Crippen molar-refractivity contribution in [2.75, 3.05) is 18.4 Å². The summed E-state index contributed by atoms with van der Waals surface area (Å²) in [5.41, 5.74) is 1.95. The Morgan fingerprint density at radius 2 is 1.67 bits per heavy atom. The van der Waals surface area contributed by atoms with E-state index in [2.05, 4.69) is 5.32 Å². The van der Waals surface area contributed by atoms with Gasteiger partial charge >= 0.3 is 12.1 Å². The zero-order chi connectivity index (χ0) is 21.5. The van der Waals surface area contributed by atoms with Crippen molar-refractivity contribution >= 4 is 46.6 Å². The highest BCUT2D eigenvalue weighted by molar-refractivity contribution is 6.39. The number of carbonyl (C=O) groups excluding carboxylic acids is 2. The standard InChI is InChI=1S/C22H24Cl2N2O4/c1-15(30-22(28)26-12-5-2-6-13-26)29-20(27)14-16-8-3-4-11-19(16)25-21-17(23)9-7-10-18(21)24/h3-4,7-11,15,25H,2,5-6,12-14H2,1H3. The normalized spacial score (nSPS) is 14.7. The van der Waals surface area contributed by atoms with Gasteiger partial charge in [-0.05, 0) is 43.0 Å². The number of carbonyl (C=O) groups is 2. The van der Waals surface area contributed by atoms with Crippen LogP contribution in [0.5, 0.6) is 0 Å². The number of benzene rings is 2. The largest absolute Gasteiger partial charge is 0.425 e. The van der Waals surface area contributed by atoms with Crippen molar-refractivity contribution in [3.05, 3.63) is 58.1 Å². The fourth-order valence-corrected chi connectivity index (χ4v) is 3.74. The fourth-order valence-electron chi connectivity index (χ4n) is 3.25. The van der Waals surface area contributed by atoms with E-state index in [-0.39, 0.29) is 6.42 Å². The summed E-state index contributed by atoms with van der Waals surface area (Å²) >= 11 is 12.5. The maximum atomic E-state index is 12.4. The van der Waals surface area contributed by atoms with Gasteiger partial charge in [0.2, 0.25) is 6.29 Å². The molecule has 0 spiro atoms. The molecule has 1 heterocycles. The lowest BCUT2D eigenvalue weighted by Crippen LogP contribution is -2.38. The molecule has 1 saturated heterocycles. The molecule has 1 amide bonds. The van der Waals surface area contributed by atoms with Crippen molar-refractivity contribution in [2.24, 2.45) is 0 Å². The second-order valence-corrected chi connectivity index (χ2v) is 7.86. The molecular formula is C22H24Cl2N2O4. The smallest absolute Gasteiger partial charge is 0.412 e. The number of esters is 1. The number of ether oxygens (including phenoxy) is 2. The van der Waals surface area contributed by atoms with Crippen LogP contribution >= 0.6 is 23.2 Å². The lowest BCUT2D eigenvalue weighted by Gasteiger charge is -2.27. The van der Waals surface area contributed by atoms with Gasteiger partial charge in [-0.3, -0.25) is 4.79 Å². The van der Waals surface area contributed by atoms with Crippen molar-refractivity contribution in [1.82, 2.24) is 4.90 Å². The molecule has 1 aliphatic rings. The van der Waals surface area contributed by atoms with Crippen LogP contribution in [0.25, 0.3) is 0 Å². The summed E-state index contributed by atoms with van der Waals surface area (Å²) in [6.07, 6.45) is 1.61. The molecule has 1 fully saturated rings. The lowest BCUT2D eigenvalue weighted by atomic mass is 10.1. The lowest BCUT2D eigenvalue weighted by molar-refractivity contribution is -0.165. The van der Waals surface area contributed by atoms with E-state index in [4.69, 9.17) is 32.7 Å². The number of rotatable bonds is 6. The van der Waals surface area contributed by atoms with Gasteiger partial charge < -0.3 is 19.7 Å². The van der Waals surface area contributed by atoms with Gasteiger partial charge in [0.05, 0.1) is 22.2 Å². The molecular weight excluding hydrogens is 427 g/mol. The molecule has 2 aromatic rings. The monoisotopic (exact) mass is 450 g/mol. The average molecular weight is 451 g/mol. The zero-order valence-electron chi connectivity index (χ0n) is 16.7. The minimum Gasteiger partial charge on any atom is -0.425 e. The molecule has 3 rings (SSSR count). The molecule has 8 heteroatoms. The molecule has 6 nitrogen and oxygen atoms in total. The van der Waals surface area contributed by atoms with Crippen LogP contribution < -0.4 is 5.32 Å². The van der Waals surface area contributed by atoms with Crippen molar-refractivity contribution in [1.29, 1.82) is 0 Å². The number of halogens is 2. The average Bonchev–Trinajstić information content (AvgIpc) is 2.72. The molecule has 1 unspecified atom stereocenters. The molecule has 160 valence electrons. The van der Waals surface area contributed by atoms with Gasteiger partial charge in [0.15, 0.2) is 0 Å². The maximum absolute atomic E-state index is 12.4. The summed E-state index contributed by atoms with van der Waals surface area (Å²) in [5.74, 6) is -0.506. The molecule has 0 aromatic heterocycles. The van der Waals surface area contributed by atoms with E-state index in [1.54, 1.807) is 29.2 Å². The Morgan fingerprint density at radius 3 is 2.37 bits per heavy atom. The predicted molar refractivity (Wildman–Crippen MR) is 117 cm³/mol. The van der Waals surface area contributed by atoms with Crippen molar-refractivity contribution in [3.8, 4) is 0 Å². The predicted octanol–water partition coefficient (Wildman–Crippen LogP) is 5.79. The van der Waals surface area contributed by atoms with E-state index in [0.29, 0.717) is 40.1 Å². The first-order chi connectivity index (χ1) is 14.4. The zero-order valence-corrected chi connectivity index (χ0v) is 18.2. The highest BCUT2D eigenvalue weighted by Crippen LogP contribution is 2.33. The molecule has 2 aromatic carbocycles. The summed E-state index contributed by atoms with van der Waals surface area (Å²) in [6, 6.07) is 12.5. The Hall–Kier alpha value is -2.44. The quantitative estimate of drug-likeness (QED) is 0.445. The summed E-state index contributed by atoms with van der Waals surface area (Å²) in [5, 5.41) is 4.12. The fraction of sp³-hybridized carbons (Fsp3) is 0.364. The van der Waals surface area contributed by atoms with Gasteiger partial charge in [0.25, 0.3) is 0 Å². The van der Waals surface area contributed by atoms with Crippen LogP contribution in [0.15, 0.2) is 42.5 Å². The van der Waals surface area contributed by atoms with Gasteiger partial charge in [-0.2, -0.15) is 0 Å². The van der Waals surface area contributed by atoms with Crippen LogP contribution in [0, 0.1) is 0 Å². The van der Waals surface area contributed by atoms with Crippen LogP contribution in [0.2, 0.25) is 10.0 Å². The number of para-hydroxylation sites is 2. The van der Waals surface area contributed by atoms with Crippen LogP contribution in [0.1, 0.15) is 31.7 Å². The van der Waals surface area contributed by atoms with Gasteiger partial charge in [0.1, 0.15) is 0 Å². The first kappa shape index (κ1) is 22.2. The summed E-state index contributed by atoms with van der Waals surface area (Å²) in [7, 11) is 0. The highest BCUT2D eigenvalue weighted by atomic mass is 35.5. The molecule has 1 N–H and O–H groups in total. The number of amides is 1. The van der Waals surface area contributed by atoms with Crippen molar-refractivity contribution < 1.29 is 19.1 Å². The molecule has 1 atom stereocenters. The van der Waals surface area contributed by atoms with E-state index >= 15 is 0 Å². The Labute approximate surface area is 186 Å². The van der Waals surface area contributed by atoms with Crippen LogP contribution in [-0.2, 0) is 20.7 Å². The first-order valence-corrected chi connectivity index (χ1v) is 10.6. The molecule has 1 aliphatic heterocycles. The Kier molecular flexibility index (Phi) is 7.82. The second-order valence-electron chi connectivity index (χ2n) is 7.04. The van der Waals surface area contributed by atoms with Crippen LogP contribution in [0.3, 0.4) is 0 Å². The topological polar surface area (TPSA) is 67.9 Å².